The van der Waals surface area contributed by atoms with Crippen LogP contribution in [-0.4, -0.2) is 44.8 Å². The van der Waals surface area contributed by atoms with E-state index in [0.29, 0.717) is 0 Å². The average molecular weight is 358 g/mol. The first-order valence-corrected chi connectivity index (χ1v) is 6.86. The first-order chi connectivity index (χ1) is 11.9. The number of alkyl halides is 2. The normalized spacial score (nSPS) is 9.92. The van der Waals surface area contributed by atoms with Crippen molar-refractivity contribution >= 4 is 17.9 Å². The van der Waals surface area contributed by atoms with Crippen molar-refractivity contribution in [2.24, 2.45) is 0 Å². The maximum Gasteiger partial charge on any atom is 0.387 e. The lowest BCUT2D eigenvalue weighted by atomic mass is 10.2. The third kappa shape index (κ3) is 6.85. The van der Waals surface area contributed by atoms with E-state index in [-0.39, 0.29) is 23.6 Å². The van der Waals surface area contributed by atoms with E-state index in [1.165, 1.54) is 13.2 Å². The van der Waals surface area contributed by atoms with Crippen LogP contribution < -0.4 is 20.1 Å². The zero-order chi connectivity index (χ0) is 18.8. The fraction of sp³-hybridized carbons (Fsp3) is 0.267. The Morgan fingerprint density at radius 2 is 2.00 bits per heavy atom. The second kappa shape index (κ2) is 9.85. The van der Waals surface area contributed by atoms with Gasteiger partial charge in [0.1, 0.15) is 0 Å². The van der Waals surface area contributed by atoms with Gasteiger partial charge in [0, 0.05) is 6.54 Å². The van der Waals surface area contributed by atoms with Crippen molar-refractivity contribution in [3.05, 3.63) is 36.4 Å². The van der Waals surface area contributed by atoms with E-state index in [1.54, 1.807) is 0 Å². The van der Waals surface area contributed by atoms with Gasteiger partial charge in [-0.3, -0.25) is 10.1 Å². The van der Waals surface area contributed by atoms with Crippen molar-refractivity contribution in [3.8, 4) is 11.5 Å². The third-order valence-corrected chi connectivity index (χ3v) is 2.61. The number of methoxy groups -OCH3 is 1. The molecule has 25 heavy (non-hydrogen) atoms. The van der Waals surface area contributed by atoms with E-state index in [4.69, 9.17) is 9.47 Å². The molecule has 0 spiro atoms. The standard InChI is InChI=1S/C15H16F2N2O6/c1-3-6-18-15(22)19-12(20)8-24-13(21)9-4-5-10(25-14(16)17)11(7-9)23-2/h3-5,7,14H,1,6,8H2,2H3,(H2,18,19,20,22). The molecule has 0 saturated carbocycles. The molecule has 136 valence electrons. The highest BCUT2D eigenvalue weighted by Crippen LogP contribution is 2.29. The molecule has 0 heterocycles. The summed E-state index contributed by atoms with van der Waals surface area (Å²) in [6.07, 6.45) is 1.42. The number of urea groups is 1. The summed E-state index contributed by atoms with van der Waals surface area (Å²) in [7, 11) is 1.21. The van der Waals surface area contributed by atoms with Crippen molar-refractivity contribution in [2.45, 2.75) is 6.61 Å². The number of esters is 1. The molecule has 0 aliphatic rings. The van der Waals surface area contributed by atoms with Crippen LogP contribution in [0.25, 0.3) is 0 Å². The smallest absolute Gasteiger partial charge is 0.387 e. The molecule has 3 amide bonds. The number of rotatable bonds is 8. The van der Waals surface area contributed by atoms with E-state index < -0.39 is 31.1 Å². The van der Waals surface area contributed by atoms with Crippen LogP contribution in [0.4, 0.5) is 13.6 Å². The molecule has 0 fully saturated rings. The Kier molecular flexibility index (Phi) is 7.83. The van der Waals surface area contributed by atoms with E-state index in [9.17, 15) is 23.2 Å². The van der Waals surface area contributed by atoms with E-state index in [2.05, 4.69) is 16.6 Å². The van der Waals surface area contributed by atoms with Gasteiger partial charge >= 0.3 is 18.6 Å². The molecular formula is C15H16F2N2O6. The number of halogens is 2. The molecule has 2 N–H and O–H groups in total. The van der Waals surface area contributed by atoms with E-state index >= 15 is 0 Å². The summed E-state index contributed by atoms with van der Waals surface area (Å²) in [5, 5.41) is 4.23. The zero-order valence-corrected chi connectivity index (χ0v) is 13.2. The molecule has 0 aliphatic carbocycles. The van der Waals surface area contributed by atoms with Crippen LogP contribution in [-0.2, 0) is 9.53 Å². The second-order valence-electron chi connectivity index (χ2n) is 4.37. The van der Waals surface area contributed by atoms with Gasteiger partial charge in [-0.2, -0.15) is 8.78 Å². The number of amides is 3. The Morgan fingerprint density at radius 1 is 1.28 bits per heavy atom. The SMILES string of the molecule is C=CCNC(=O)NC(=O)COC(=O)c1ccc(OC(F)F)c(OC)c1. The van der Waals surface area contributed by atoms with Crippen molar-refractivity contribution in [2.75, 3.05) is 20.3 Å². The van der Waals surface area contributed by atoms with Crippen LogP contribution in [0.2, 0.25) is 0 Å². The summed E-state index contributed by atoms with van der Waals surface area (Å²) >= 11 is 0. The highest BCUT2D eigenvalue weighted by molar-refractivity contribution is 5.97. The summed E-state index contributed by atoms with van der Waals surface area (Å²) in [6, 6.07) is 2.62. The van der Waals surface area contributed by atoms with Gasteiger partial charge in [-0.25, -0.2) is 9.59 Å². The number of carbonyl (C=O) groups is 3. The summed E-state index contributed by atoms with van der Waals surface area (Å²) in [6.45, 7) is -0.222. The molecule has 8 nitrogen and oxygen atoms in total. The van der Waals surface area contributed by atoms with Crippen LogP contribution in [0.15, 0.2) is 30.9 Å². The second-order valence-corrected chi connectivity index (χ2v) is 4.37. The van der Waals surface area contributed by atoms with Crippen molar-refractivity contribution in [3.63, 3.8) is 0 Å². The van der Waals surface area contributed by atoms with Crippen LogP contribution in [0.5, 0.6) is 11.5 Å². The number of ether oxygens (including phenoxy) is 3. The van der Waals surface area contributed by atoms with E-state index in [0.717, 1.165) is 18.2 Å². The Balaban J connectivity index is 2.61. The van der Waals surface area contributed by atoms with Crippen molar-refractivity contribution < 1.29 is 37.4 Å². The molecule has 1 aromatic carbocycles. The molecule has 1 aromatic rings. The lowest BCUT2D eigenvalue weighted by Gasteiger charge is -2.11. The Hall–Kier alpha value is -3.17. The van der Waals surface area contributed by atoms with Crippen molar-refractivity contribution in [1.29, 1.82) is 0 Å². The zero-order valence-electron chi connectivity index (χ0n) is 13.2. The fourth-order valence-electron chi connectivity index (χ4n) is 1.57. The maximum atomic E-state index is 12.2. The molecule has 0 radical (unpaired) electrons. The largest absolute Gasteiger partial charge is 0.493 e. The van der Waals surface area contributed by atoms with Gasteiger partial charge in [-0.15, -0.1) is 6.58 Å². The molecule has 0 bridgehead atoms. The molecule has 1 rings (SSSR count). The monoisotopic (exact) mass is 358 g/mol. The molecule has 0 saturated heterocycles. The predicted molar refractivity (Wildman–Crippen MR) is 81.6 cm³/mol. The first kappa shape index (κ1) is 19.9. The molecule has 0 unspecified atom stereocenters. The first-order valence-electron chi connectivity index (χ1n) is 6.86. The van der Waals surface area contributed by atoms with Gasteiger partial charge in [0.05, 0.1) is 12.7 Å². The Morgan fingerprint density at radius 3 is 2.60 bits per heavy atom. The van der Waals surface area contributed by atoms with Gasteiger partial charge in [0.25, 0.3) is 5.91 Å². The maximum absolute atomic E-state index is 12.2. The van der Waals surface area contributed by atoms with E-state index in [1.807, 2.05) is 5.32 Å². The van der Waals surface area contributed by atoms with Crippen LogP contribution in [0, 0.1) is 0 Å². The predicted octanol–water partition coefficient (Wildman–Crippen LogP) is 1.47. The number of imide groups is 1. The molecule has 0 atom stereocenters. The number of nitrogens with one attached hydrogen (secondary N) is 2. The lowest BCUT2D eigenvalue weighted by Crippen LogP contribution is -2.41. The Bertz CT molecular complexity index is 651. The Labute approximate surface area is 141 Å². The lowest BCUT2D eigenvalue weighted by molar-refractivity contribution is -0.123. The minimum atomic E-state index is -3.05. The van der Waals surface area contributed by atoms with Crippen LogP contribution in [0.1, 0.15) is 10.4 Å². The molecule has 0 aliphatic heterocycles. The third-order valence-electron chi connectivity index (χ3n) is 2.61. The van der Waals surface area contributed by atoms with Crippen LogP contribution >= 0.6 is 0 Å². The highest BCUT2D eigenvalue weighted by Gasteiger charge is 2.16. The van der Waals surface area contributed by atoms with Gasteiger partial charge in [-0.1, -0.05) is 6.08 Å². The number of carbonyl (C=O) groups excluding carboxylic acids is 3. The topological polar surface area (TPSA) is 103 Å². The minimum absolute atomic E-state index is 0.0534. The molecular weight excluding hydrogens is 342 g/mol. The summed E-state index contributed by atoms with van der Waals surface area (Å²) in [4.78, 5) is 34.5. The summed E-state index contributed by atoms with van der Waals surface area (Å²) < 4.78 is 38.3. The average Bonchev–Trinajstić information content (AvgIpc) is 2.57. The summed E-state index contributed by atoms with van der Waals surface area (Å²) in [5.74, 6) is -2.13. The minimum Gasteiger partial charge on any atom is -0.493 e. The van der Waals surface area contributed by atoms with Crippen LogP contribution in [0.3, 0.4) is 0 Å². The molecule has 10 heteroatoms. The molecule has 0 aromatic heterocycles. The quantitative estimate of drug-likeness (QED) is 0.539. The van der Waals surface area contributed by atoms with Gasteiger partial charge in [0.2, 0.25) is 0 Å². The van der Waals surface area contributed by atoms with Gasteiger partial charge < -0.3 is 19.5 Å². The van der Waals surface area contributed by atoms with Gasteiger partial charge in [0.15, 0.2) is 18.1 Å². The number of hydrogen-bond donors (Lipinski definition) is 2. The number of benzene rings is 1. The fourth-order valence-corrected chi connectivity index (χ4v) is 1.57. The summed E-state index contributed by atoms with van der Waals surface area (Å²) in [5.41, 5.74) is -0.0534. The number of hydrogen-bond acceptors (Lipinski definition) is 6. The van der Waals surface area contributed by atoms with Gasteiger partial charge in [-0.05, 0) is 18.2 Å². The highest BCUT2D eigenvalue weighted by atomic mass is 19.3. The van der Waals surface area contributed by atoms with Crippen molar-refractivity contribution in [1.82, 2.24) is 10.6 Å².